The summed E-state index contributed by atoms with van der Waals surface area (Å²) in [4.78, 5) is 35.4. The average Bonchev–Trinajstić information content (AvgIpc) is 3.14. The van der Waals surface area contributed by atoms with Gasteiger partial charge in [0.15, 0.2) is 5.16 Å². The molecule has 0 bridgehead atoms. The molecule has 1 aromatic carbocycles. The van der Waals surface area contributed by atoms with Gasteiger partial charge < -0.3 is 10.2 Å². The van der Waals surface area contributed by atoms with Crippen LogP contribution in [0, 0.1) is 5.82 Å². The molecule has 6 nitrogen and oxygen atoms in total. The Morgan fingerprint density at radius 3 is 2.88 bits per heavy atom. The molecule has 0 radical (unpaired) electrons. The second-order valence-electron chi connectivity index (χ2n) is 8.66. The van der Waals surface area contributed by atoms with Gasteiger partial charge in [-0.25, -0.2) is 9.37 Å². The van der Waals surface area contributed by atoms with E-state index in [1.807, 2.05) is 14.1 Å². The molecule has 176 valence electrons. The molecule has 1 aliphatic carbocycles. The second kappa shape index (κ2) is 10.4. The number of thioether (sulfide) groups is 1. The Kier molecular flexibility index (Phi) is 7.51. The zero-order valence-corrected chi connectivity index (χ0v) is 20.8. The van der Waals surface area contributed by atoms with Gasteiger partial charge in [-0.1, -0.05) is 17.8 Å². The van der Waals surface area contributed by atoms with Crippen LogP contribution in [0.5, 0.6) is 0 Å². The fraction of sp³-hybridized carbons (Fsp3) is 0.458. The van der Waals surface area contributed by atoms with E-state index in [0.717, 1.165) is 48.9 Å². The van der Waals surface area contributed by atoms with Gasteiger partial charge in [-0.3, -0.25) is 14.2 Å². The van der Waals surface area contributed by atoms with Crippen LogP contribution >= 0.6 is 23.1 Å². The smallest absolute Gasteiger partial charge is 0.263 e. The van der Waals surface area contributed by atoms with Gasteiger partial charge in [0.25, 0.3) is 5.56 Å². The van der Waals surface area contributed by atoms with Crippen LogP contribution in [-0.2, 0) is 24.2 Å². The first-order valence-electron chi connectivity index (χ1n) is 11.3. The van der Waals surface area contributed by atoms with Crippen molar-refractivity contribution in [3.8, 4) is 0 Å². The lowest BCUT2D eigenvalue weighted by atomic mass is 9.97. The number of anilines is 1. The maximum Gasteiger partial charge on any atom is 0.263 e. The van der Waals surface area contributed by atoms with E-state index in [0.29, 0.717) is 17.4 Å². The van der Waals surface area contributed by atoms with E-state index >= 15 is 0 Å². The SMILES string of the molecule is C[C@H](Sc1nc2sc3c(c2c(=O)n1CCCN(C)C)CCCC3)C(=O)Nc1cccc(F)c1. The van der Waals surface area contributed by atoms with Crippen LogP contribution in [-0.4, -0.2) is 46.2 Å². The number of nitrogens with zero attached hydrogens (tertiary/aromatic N) is 3. The van der Waals surface area contributed by atoms with E-state index < -0.39 is 11.1 Å². The first-order valence-corrected chi connectivity index (χ1v) is 13.0. The monoisotopic (exact) mass is 488 g/mol. The molecular formula is C24H29FN4O2S2. The standard InChI is InChI=1S/C24H29FN4O2S2/c1-15(21(30)26-17-9-6-8-16(25)14-17)32-24-27-22-20(18-10-4-5-11-19(18)33-22)23(31)29(24)13-7-12-28(2)3/h6,8-9,14-15H,4-5,7,10-13H2,1-3H3,(H,26,30)/t15-/m0/s1. The van der Waals surface area contributed by atoms with Gasteiger partial charge in [0.05, 0.1) is 10.6 Å². The highest BCUT2D eigenvalue weighted by atomic mass is 32.2. The van der Waals surface area contributed by atoms with Crippen molar-refractivity contribution in [2.24, 2.45) is 0 Å². The van der Waals surface area contributed by atoms with Crippen LogP contribution in [0.3, 0.4) is 0 Å². The normalized spacial score (nSPS) is 14.5. The van der Waals surface area contributed by atoms with Crippen LogP contribution in [0.15, 0.2) is 34.2 Å². The lowest BCUT2D eigenvalue weighted by molar-refractivity contribution is -0.115. The molecule has 4 rings (SSSR count). The first kappa shape index (κ1) is 23.9. The maximum atomic E-state index is 13.6. The number of carbonyl (C=O) groups excluding carboxylic acids is 1. The second-order valence-corrected chi connectivity index (χ2v) is 11.1. The third-order valence-corrected chi connectivity index (χ3v) is 8.05. The summed E-state index contributed by atoms with van der Waals surface area (Å²) in [6, 6.07) is 5.82. The quantitative estimate of drug-likeness (QED) is 0.372. The summed E-state index contributed by atoms with van der Waals surface area (Å²) in [5.74, 6) is -0.665. The Labute approximate surface area is 201 Å². The van der Waals surface area contributed by atoms with E-state index in [-0.39, 0.29) is 11.5 Å². The van der Waals surface area contributed by atoms with Gasteiger partial charge in [-0.15, -0.1) is 11.3 Å². The lowest BCUT2D eigenvalue weighted by Crippen LogP contribution is -2.28. The number of aryl methyl sites for hydroxylation is 2. The summed E-state index contributed by atoms with van der Waals surface area (Å²) in [5.41, 5.74) is 1.58. The number of hydrogen-bond acceptors (Lipinski definition) is 6. The Balaban J connectivity index is 1.64. The van der Waals surface area contributed by atoms with Crippen LogP contribution in [0.25, 0.3) is 10.2 Å². The molecule has 0 saturated heterocycles. The molecular weight excluding hydrogens is 459 g/mol. The molecule has 9 heteroatoms. The summed E-state index contributed by atoms with van der Waals surface area (Å²) >= 11 is 2.89. The molecule has 2 heterocycles. The largest absolute Gasteiger partial charge is 0.325 e. The van der Waals surface area contributed by atoms with E-state index in [1.165, 1.54) is 34.3 Å². The molecule has 1 atom stereocenters. The number of thiophene rings is 1. The number of amides is 1. The van der Waals surface area contributed by atoms with Crippen molar-refractivity contribution >= 4 is 44.9 Å². The van der Waals surface area contributed by atoms with Gasteiger partial charge in [-0.05, 0) is 83.4 Å². The average molecular weight is 489 g/mol. The van der Waals surface area contributed by atoms with E-state index in [9.17, 15) is 14.0 Å². The van der Waals surface area contributed by atoms with Crippen molar-refractivity contribution in [2.75, 3.05) is 26.0 Å². The number of hydrogen-bond donors (Lipinski definition) is 1. The summed E-state index contributed by atoms with van der Waals surface area (Å²) < 4.78 is 15.2. The molecule has 0 saturated carbocycles. The van der Waals surface area contributed by atoms with Gasteiger partial charge >= 0.3 is 0 Å². The molecule has 0 spiro atoms. The van der Waals surface area contributed by atoms with E-state index in [2.05, 4.69) is 10.2 Å². The Bertz CT molecular complexity index is 1220. The zero-order chi connectivity index (χ0) is 23.5. The fourth-order valence-electron chi connectivity index (χ4n) is 4.07. The molecule has 0 aliphatic heterocycles. The summed E-state index contributed by atoms with van der Waals surface area (Å²) in [6.07, 6.45) is 5.00. The highest BCUT2D eigenvalue weighted by Gasteiger charge is 2.24. The molecule has 33 heavy (non-hydrogen) atoms. The van der Waals surface area contributed by atoms with Crippen molar-refractivity contribution in [1.29, 1.82) is 0 Å². The number of rotatable bonds is 8. The van der Waals surface area contributed by atoms with Crippen molar-refractivity contribution < 1.29 is 9.18 Å². The van der Waals surface area contributed by atoms with E-state index in [4.69, 9.17) is 4.98 Å². The number of halogens is 1. The molecule has 2 aromatic heterocycles. The van der Waals surface area contributed by atoms with Gasteiger partial charge in [0.1, 0.15) is 10.6 Å². The first-order chi connectivity index (χ1) is 15.8. The topological polar surface area (TPSA) is 67.2 Å². The van der Waals surface area contributed by atoms with Crippen molar-refractivity contribution in [3.05, 3.63) is 50.9 Å². The Hall–Kier alpha value is -2.23. The zero-order valence-electron chi connectivity index (χ0n) is 19.2. The minimum Gasteiger partial charge on any atom is -0.325 e. The van der Waals surface area contributed by atoms with Crippen molar-refractivity contribution in [1.82, 2.24) is 14.5 Å². The Morgan fingerprint density at radius 1 is 1.33 bits per heavy atom. The highest BCUT2D eigenvalue weighted by Crippen LogP contribution is 2.35. The lowest BCUT2D eigenvalue weighted by Gasteiger charge is -2.17. The number of nitrogens with one attached hydrogen (secondary N) is 1. The third kappa shape index (κ3) is 5.47. The number of carbonyl (C=O) groups is 1. The predicted molar refractivity (Wildman–Crippen MR) is 134 cm³/mol. The van der Waals surface area contributed by atoms with Gasteiger partial charge in [0.2, 0.25) is 5.91 Å². The van der Waals surface area contributed by atoms with Crippen LogP contribution < -0.4 is 10.9 Å². The van der Waals surface area contributed by atoms with Gasteiger partial charge in [0, 0.05) is 17.1 Å². The fourth-order valence-corrected chi connectivity index (χ4v) is 6.31. The molecule has 1 aliphatic rings. The minimum absolute atomic E-state index is 0.00149. The Morgan fingerprint density at radius 2 is 2.12 bits per heavy atom. The molecule has 0 fully saturated rings. The number of benzene rings is 1. The highest BCUT2D eigenvalue weighted by molar-refractivity contribution is 8.00. The van der Waals surface area contributed by atoms with Crippen molar-refractivity contribution in [3.63, 3.8) is 0 Å². The molecule has 1 amide bonds. The van der Waals surface area contributed by atoms with Gasteiger partial charge in [-0.2, -0.15) is 0 Å². The third-order valence-electron chi connectivity index (χ3n) is 5.77. The minimum atomic E-state index is -0.507. The van der Waals surface area contributed by atoms with Crippen LogP contribution in [0.1, 0.15) is 36.6 Å². The molecule has 3 aromatic rings. The molecule has 0 unspecified atom stereocenters. The van der Waals surface area contributed by atoms with Crippen molar-refractivity contribution in [2.45, 2.75) is 56.0 Å². The van der Waals surface area contributed by atoms with Crippen LogP contribution in [0.2, 0.25) is 0 Å². The van der Waals surface area contributed by atoms with E-state index in [1.54, 1.807) is 35.0 Å². The molecule has 1 N–H and O–H groups in total. The van der Waals surface area contributed by atoms with Crippen LogP contribution in [0.4, 0.5) is 10.1 Å². The summed E-state index contributed by atoms with van der Waals surface area (Å²) in [7, 11) is 4.02. The maximum absolute atomic E-state index is 13.6. The summed E-state index contributed by atoms with van der Waals surface area (Å²) in [5, 5.41) is 3.57. The summed E-state index contributed by atoms with van der Waals surface area (Å²) in [6.45, 7) is 3.18. The predicted octanol–water partition coefficient (Wildman–Crippen LogP) is 4.55. The number of aromatic nitrogens is 2. The number of fused-ring (bicyclic) bond motifs is 3.